The van der Waals surface area contributed by atoms with Crippen molar-refractivity contribution in [2.45, 2.75) is 0 Å². The first-order valence-corrected chi connectivity index (χ1v) is 7.01. The number of halogens is 5. The van der Waals surface area contributed by atoms with E-state index in [0.717, 1.165) is 6.07 Å². The molecule has 1 nitrogen and oxygen atoms in total. The molecule has 2 aromatic rings. The summed E-state index contributed by atoms with van der Waals surface area (Å²) in [5.74, 6) is -2.05. The maximum atomic E-state index is 13.9. The van der Waals surface area contributed by atoms with Gasteiger partial charge in [0.25, 0.3) is 0 Å². The number of ketones is 1. The van der Waals surface area contributed by atoms with E-state index in [2.05, 4.69) is 31.9 Å². The molecule has 98 valence electrons. The molecular formula is C13H5Br2ClF2O. The zero-order chi connectivity index (χ0) is 14.2. The number of carbonyl (C=O) groups excluding carboxylic acids is 1. The van der Waals surface area contributed by atoms with Gasteiger partial charge >= 0.3 is 0 Å². The number of hydrogen-bond acceptors (Lipinski definition) is 1. The van der Waals surface area contributed by atoms with E-state index in [1.165, 1.54) is 24.3 Å². The van der Waals surface area contributed by atoms with Gasteiger partial charge in [-0.05, 0) is 46.3 Å². The average molecular weight is 410 g/mol. The van der Waals surface area contributed by atoms with Crippen molar-refractivity contribution in [1.82, 2.24) is 0 Å². The summed E-state index contributed by atoms with van der Waals surface area (Å²) in [6, 6.07) is 6.39. The van der Waals surface area contributed by atoms with Crippen molar-refractivity contribution < 1.29 is 13.6 Å². The molecule has 0 N–H and O–H groups in total. The van der Waals surface area contributed by atoms with Crippen LogP contribution in [-0.2, 0) is 0 Å². The fraction of sp³-hybridized carbons (Fsp3) is 0. The largest absolute Gasteiger partial charge is 0.288 e. The van der Waals surface area contributed by atoms with Crippen LogP contribution in [-0.4, -0.2) is 5.78 Å². The van der Waals surface area contributed by atoms with Gasteiger partial charge in [-0.3, -0.25) is 4.79 Å². The van der Waals surface area contributed by atoms with Crippen LogP contribution in [0, 0.1) is 11.6 Å². The standard InChI is InChI=1S/C13H5Br2ClF2O/c14-9-3-1-6(17)5-8(9)13(19)7-2-4-10(15)11(16)12(7)18/h1-5H. The molecule has 2 rings (SSSR count). The van der Waals surface area contributed by atoms with Gasteiger partial charge in [-0.25, -0.2) is 8.78 Å². The normalized spacial score (nSPS) is 10.6. The summed E-state index contributed by atoms with van der Waals surface area (Å²) in [6.07, 6.45) is 0. The topological polar surface area (TPSA) is 17.1 Å². The molecule has 0 aliphatic carbocycles. The Morgan fingerprint density at radius 1 is 1.00 bits per heavy atom. The quantitative estimate of drug-likeness (QED) is 0.480. The minimum absolute atomic E-state index is 0.0392. The van der Waals surface area contributed by atoms with E-state index in [1.807, 2.05) is 0 Å². The van der Waals surface area contributed by atoms with Crippen molar-refractivity contribution in [2.24, 2.45) is 0 Å². The summed E-state index contributed by atoms with van der Waals surface area (Å²) in [7, 11) is 0. The molecule has 0 spiro atoms. The zero-order valence-electron chi connectivity index (χ0n) is 9.18. The Morgan fingerprint density at radius 3 is 2.32 bits per heavy atom. The average Bonchev–Trinajstić information content (AvgIpc) is 2.38. The molecule has 0 saturated heterocycles. The van der Waals surface area contributed by atoms with E-state index >= 15 is 0 Å². The van der Waals surface area contributed by atoms with E-state index < -0.39 is 17.4 Å². The highest BCUT2D eigenvalue weighted by Crippen LogP contribution is 2.30. The Morgan fingerprint density at radius 2 is 1.63 bits per heavy atom. The third-order valence-electron chi connectivity index (χ3n) is 2.45. The molecule has 2 aromatic carbocycles. The van der Waals surface area contributed by atoms with Gasteiger partial charge in [-0.1, -0.05) is 27.5 Å². The van der Waals surface area contributed by atoms with Gasteiger partial charge in [0.15, 0.2) is 11.6 Å². The molecule has 6 heteroatoms. The molecule has 0 aromatic heterocycles. The third kappa shape index (κ3) is 2.88. The van der Waals surface area contributed by atoms with Crippen LogP contribution in [0.25, 0.3) is 0 Å². The van der Waals surface area contributed by atoms with Crippen molar-refractivity contribution in [2.75, 3.05) is 0 Å². The van der Waals surface area contributed by atoms with E-state index in [0.29, 0.717) is 8.95 Å². The Balaban J connectivity index is 2.56. The van der Waals surface area contributed by atoms with Crippen molar-refractivity contribution in [1.29, 1.82) is 0 Å². The van der Waals surface area contributed by atoms with Gasteiger partial charge in [0.2, 0.25) is 0 Å². The summed E-state index contributed by atoms with van der Waals surface area (Å²) < 4.78 is 27.8. The summed E-state index contributed by atoms with van der Waals surface area (Å²) >= 11 is 11.9. The lowest BCUT2D eigenvalue weighted by Crippen LogP contribution is -2.06. The Hall–Kier alpha value is -0.780. The van der Waals surface area contributed by atoms with E-state index in [9.17, 15) is 13.6 Å². The molecule has 0 amide bonds. The SMILES string of the molecule is O=C(c1cc(F)ccc1Br)c1ccc(Br)c(Cl)c1F. The van der Waals surface area contributed by atoms with Gasteiger partial charge in [0.05, 0.1) is 10.6 Å². The lowest BCUT2D eigenvalue weighted by Gasteiger charge is -2.07. The summed E-state index contributed by atoms with van der Waals surface area (Å²) in [4.78, 5) is 12.2. The Labute approximate surface area is 129 Å². The van der Waals surface area contributed by atoms with Crippen LogP contribution < -0.4 is 0 Å². The monoisotopic (exact) mass is 408 g/mol. The fourth-order valence-electron chi connectivity index (χ4n) is 1.52. The van der Waals surface area contributed by atoms with Crippen LogP contribution in [0.3, 0.4) is 0 Å². The minimum atomic E-state index is -0.836. The summed E-state index contributed by atoms with van der Waals surface area (Å²) in [5, 5.41) is -0.182. The highest BCUT2D eigenvalue weighted by Gasteiger charge is 2.20. The number of carbonyl (C=O) groups is 1. The van der Waals surface area contributed by atoms with E-state index in [4.69, 9.17) is 11.6 Å². The van der Waals surface area contributed by atoms with Crippen LogP contribution in [0.4, 0.5) is 8.78 Å². The maximum Gasteiger partial charge on any atom is 0.197 e. The molecule has 0 heterocycles. The van der Waals surface area contributed by atoms with Crippen molar-refractivity contribution in [3.63, 3.8) is 0 Å². The van der Waals surface area contributed by atoms with Crippen LogP contribution in [0.15, 0.2) is 39.3 Å². The van der Waals surface area contributed by atoms with Gasteiger partial charge in [-0.15, -0.1) is 0 Å². The van der Waals surface area contributed by atoms with Gasteiger partial charge < -0.3 is 0 Å². The van der Waals surface area contributed by atoms with Crippen molar-refractivity contribution >= 4 is 49.2 Å². The van der Waals surface area contributed by atoms with Crippen LogP contribution >= 0.6 is 43.5 Å². The van der Waals surface area contributed by atoms with Crippen molar-refractivity contribution in [3.05, 3.63) is 67.1 Å². The fourth-order valence-corrected chi connectivity index (χ4v) is 2.42. The number of benzene rings is 2. The van der Waals surface area contributed by atoms with E-state index in [-0.39, 0.29) is 16.1 Å². The molecule has 19 heavy (non-hydrogen) atoms. The first-order valence-electron chi connectivity index (χ1n) is 5.05. The second kappa shape index (κ2) is 5.69. The third-order valence-corrected chi connectivity index (χ3v) is 4.40. The maximum absolute atomic E-state index is 13.9. The molecule has 0 bridgehead atoms. The van der Waals surface area contributed by atoms with Gasteiger partial charge in [0, 0.05) is 14.5 Å². The molecular weight excluding hydrogens is 405 g/mol. The predicted molar refractivity (Wildman–Crippen MR) is 76.6 cm³/mol. The predicted octanol–water partition coefficient (Wildman–Crippen LogP) is 5.37. The Kier molecular flexibility index (Phi) is 4.38. The first-order chi connectivity index (χ1) is 8.91. The van der Waals surface area contributed by atoms with Gasteiger partial charge in [-0.2, -0.15) is 0 Å². The highest BCUT2D eigenvalue weighted by atomic mass is 79.9. The van der Waals surface area contributed by atoms with Crippen LogP contribution in [0.5, 0.6) is 0 Å². The van der Waals surface area contributed by atoms with Crippen molar-refractivity contribution in [3.8, 4) is 0 Å². The Bertz CT molecular complexity index is 674. The molecule has 0 unspecified atom stereocenters. The molecule has 0 saturated carbocycles. The second-order valence-corrected chi connectivity index (χ2v) is 5.76. The minimum Gasteiger partial charge on any atom is -0.288 e. The first kappa shape index (κ1) is 14.6. The highest BCUT2D eigenvalue weighted by molar-refractivity contribution is 9.10. The number of rotatable bonds is 2. The zero-order valence-corrected chi connectivity index (χ0v) is 13.1. The molecule has 0 fully saturated rings. The molecule has 0 aliphatic heterocycles. The smallest absolute Gasteiger partial charge is 0.197 e. The van der Waals surface area contributed by atoms with Gasteiger partial charge in [0.1, 0.15) is 5.82 Å². The van der Waals surface area contributed by atoms with Crippen LogP contribution in [0.1, 0.15) is 15.9 Å². The van der Waals surface area contributed by atoms with Crippen LogP contribution in [0.2, 0.25) is 5.02 Å². The molecule has 0 aliphatic rings. The molecule has 0 radical (unpaired) electrons. The lowest BCUT2D eigenvalue weighted by atomic mass is 10.0. The second-order valence-electron chi connectivity index (χ2n) is 3.68. The summed E-state index contributed by atoms with van der Waals surface area (Å²) in [5.41, 5.74) is -0.170. The molecule has 0 atom stereocenters. The summed E-state index contributed by atoms with van der Waals surface area (Å²) in [6.45, 7) is 0. The van der Waals surface area contributed by atoms with E-state index in [1.54, 1.807) is 0 Å². The number of hydrogen-bond donors (Lipinski definition) is 0. The lowest BCUT2D eigenvalue weighted by molar-refractivity contribution is 0.103.